The van der Waals surface area contributed by atoms with Crippen molar-refractivity contribution in [2.45, 2.75) is 38.1 Å². The molecule has 0 aliphatic heterocycles. The van der Waals surface area contributed by atoms with Crippen molar-refractivity contribution in [2.75, 3.05) is 0 Å². The van der Waals surface area contributed by atoms with Gasteiger partial charge in [-0.3, -0.25) is 0 Å². The van der Waals surface area contributed by atoms with Crippen LogP contribution in [0.1, 0.15) is 43.7 Å². The third kappa shape index (κ3) is 4.96. The number of halogens is 1. The van der Waals surface area contributed by atoms with Crippen LogP contribution in [-0.4, -0.2) is 0 Å². The van der Waals surface area contributed by atoms with E-state index in [0.29, 0.717) is 0 Å². The summed E-state index contributed by atoms with van der Waals surface area (Å²) in [5, 5.41) is 2.14. The zero-order valence-electron chi connectivity index (χ0n) is 8.92. The molecule has 2 N–H and O–H groups in total. The molecular formula is C12H18BrNS. The van der Waals surface area contributed by atoms with Crippen molar-refractivity contribution in [1.82, 2.24) is 0 Å². The monoisotopic (exact) mass is 287 g/mol. The van der Waals surface area contributed by atoms with Crippen LogP contribution in [0, 0.1) is 0 Å². The molecule has 15 heavy (non-hydrogen) atoms. The molecule has 1 aromatic rings. The first-order valence-corrected chi connectivity index (χ1v) is 7.01. The molecule has 1 heterocycles. The van der Waals surface area contributed by atoms with Crippen molar-refractivity contribution >= 4 is 27.3 Å². The summed E-state index contributed by atoms with van der Waals surface area (Å²) in [4.78, 5) is 0. The van der Waals surface area contributed by atoms with Gasteiger partial charge in [-0.25, -0.2) is 0 Å². The predicted molar refractivity (Wildman–Crippen MR) is 72.2 cm³/mol. The average Bonchev–Trinajstić information content (AvgIpc) is 2.64. The van der Waals surface area contributed by atoms with E-state index in [0.717, 1.165) is 12.8 Å². The van der Waals surface area contributed by atoms with Crippen LogP contribution >= 0.6 is 27.3 Å². The Morgan fingerprint density at radius 1 is 1.47 bits per heavy atom. The van der Waals surface area contributed by atoms with Crippen molar-refractivity contribution in [3.63, 3.8) is 0 Å². The summed E-state index contributed by atoms with van der Waals surface area (Å²) < 4.78 is 1.17. The van der Waals surface area contributed by atoms with Crippen molar-refractivity contribution in [1.29, 1.82) is 0 Å². The zero-order valence-corrected chi connectivity index (χ0v) is 11.3. The SMILES string of the molecule is C=CCCCCCC(N)c1csc(Br)c1. The largest absolute Gasteiger partial charge is 0.324 e. The van der Waals surface area contributed by atoms with Crippen molar-refractivity contribution < 1.29 is 0 Å². The third-order valence-electron chi connectivity index (χ3n) is 2.44. The maximum atomic E-state index is 6.09. The first kappa shape index (κ1) is 12.9. The number of nitrogens with two attached hydrogens (primary N) is 1. The van der Waals surface area contributed by atoms with Crippen LogP contribution in [0.2, 0.25) is 0 Å². The number of hydrogen-bond acceptors (Lipinski definition) is 2. The molecular weight excluding hydrogens is 270 g/mol. The molecule has 1 atom stereocenters. The Kier molecular flexibility index (Phi) is 6.22. The Hall–Kier alpha value is -0.120. The number of unbranched alkanes of at least 4 members (excludes halogenated alkanes) is 3. The van der Waals surface area contributed by atoms with E-state index in [4.69, 9.17) is 5.73 Å². The molecule has 0 saturated carbocycles. The topological polar surface area (TPSA) is 26.0 Å². The van der Waals surface area contributed by atoms with Crippen molar-refractivity contribution in [2.24, 2.45) is 5.73 Å². The molecule has 1 unspecified atom stereocenters. The second-order valence-corrected chi connectivity index (χ2v) is 6.01. The summed E-state index contributed by atoms with van der Waals surface area (Å²) >= 11 is 5.16. The van der Waals surface area contributed by atoms with Crippen molar-refractivity contribution in [3.8, 4) is 0 Å². The first-order valence-electron chi connectivity index (χ1n) is 5.34. The maximum Gasteiger partial charge on any atom is 0.0701 e. The highest BCUT2D eigenvalue weighted by molar-refractivity contribution is 9.11. The van der Waals surface area contributed by atoms with Gasteiger partial charge < -0.3 is 5.73 Å². The highest BCUT2D eigenvalue weighted by atomic mass is 79.9. The van der Waals surface area contributed by atoms with Gasteiger partial charge in [0.05, 0.1) is 3.79 Å². The van der Waals surface area contributed by atoms with Gasteiger partial charge >= 0.3 is 0 Å². The first-order chi connectivity index (χ1) is 7.24. The van der Waals surface area contributed by atoms with Crippen molar-refractivity contribution in [3.05, 3.63) is 33.5 Å². The zero-order chi connectivity index (χ0) is 11.1. The molecule has 1 nitrogen and oxygen atoms in total. The second-order valence-electron chi connectivity index (χ2n) is 3.72. The van der Waals surface area contributed by atoms with Gasteiger partial charge in [0.15, 0.2) is 0 Å². The van der Waals surface area contributed by atoms with Crippen LogP contribution < -0.4 is 5.73 Å². The molecule has 0 radical (unpaired) electrons. The third-order valence-corrected chi connectivity index (χ3v) is 3.96. The fourth-order valence-corrected chi connectivity index (χ4v) is 2.75. The quantitative estimate of drug-likeness (QED) is 0.573. The molecule has 0 bridgehead atoms. The Bertz CT molecular complexity index is 296. The van der Waals surface area contributed by atoms with Gasteiger partial charge in [0, 0.05) is 6.04 Å². The maximum absolute atomic E-state index is 6.09. The Labute approximate surface area is 105 Å². The lowest BCUT2D eigenvalue weighted by Gasteiger charge is -2.08. The standard InChI is InChI=1S/C12H18BrNS/c1-2-3-4-5-6-7-11(14)10-8-12(13)15-9-10/h2,8-9,11H,1,3-7,14H2. The summed E-state index contributed by atoms with van der Waals surface area (Å²) in [5.74, 6) is 0. The smallest absolute Gasteiger partial charge is 0.0701 e. The van der Waals surface area contributed by atoms with Gasteiger partial charge in [-0.1, -0.05) is 18.9 Å². The van der Waals surface area contributed by atoms with E-state index >= 15 is 0 Å². The normalized spacial score (nSPS) is 12.7. The minimum absolute atomic E-state index is 0.205. The van der Waals surface area contributed by atoms with Crippen LogP contribution in [0.15, 0.2) is 27.9 Å². The Balaban J connectivity index is 2.18. The lowest BCUT2D eigenvalue weighted by molar-refractivity contribution is 0.573. The highest BCUT2D eigenvalue weighted by Crippen LogP contribution is 2.26. The van der Waals surface area contributed by atoms with E-state index in [1.165, 1.54) is 28.6 Å². The number of hydrogen-bond donors (Lipinski definition) is 1. The van der Waals surface area contributed by atoms with Gasteiger partial charge in [0.2, 0.25) is 0 Å². The van der Waals surface area contributed by atoms with Crippen LogP contribution in [0.4, 0.5) is 0 Å². The van der Waals surface area contributed by atoms with E-state index in [9.17, 15) is 0 Å². The van der Waals surface area contributed by atoms with Gasteiger partial charge in [-0.05, 0) is 52.2 Å². The number of rotatable bonds is 7. The average molecular weight is 288 g/mol. The Morgan fingerprint density at radius 2 is 2.27 bits per heavy atom. The molecule has 0 fully saturated rings. The summed E-state index contributed by atoms with van der Waals surface area (Å²) in [6, 6.07) is 2.33. The minimum Gasteiger partial charge on any atom is -0.324 e. The molecule has 0 spiro atoms. The Morgan fingerprint density at radius 3 is 2.87 bits per heavy atom. The fourth-order valence-electron chi connectivity index (χ4n) is 1.51. The molecule has 1 aromatic heterocycles. The van der Waals surface area contributed by atoms with Gasteiger partial charge in [-0.15, -0.1) is 17.9 Å². The number of thiophene rings is 1. The van der Waals surface area contributed by atoms with E-state index in [2.05, 4.69) is 34.0 Å². The van der Waals surface area contributed by atoms with E-state index in [1.807, 2.05) is 6.08 Å². The predicted octanol–water partition coefficient (Wildman–Crippen LogP) is 4.65. The van der Waals surface area contributed by atoms with Crippen LogP contribution in [0.5, 0.6) is 0 Å². The lowest BCUT2D eigenvalue weighted by Crippen LogP contribution is -2.08. The number of allylic oxidation sites excluding steroid dienone is 1. The molecule has 0 aliphatic rings. The fraction of sp³-hybridized carbons (Fsp3) is 0.500. The van der Waals surface area contributed by atoms with Gasteiger partial charge in [-0.2, -0.15) is 0 Å². The van der Waals surface area contributed by atoms with Crippen LogP contribution in [0.25, 0.3) is 0 Å². The van der Waals surface area contributed by atoms with E-state index < -0.39 is 0 Å². The van der Waals surface area contributed by atoms with E-state index in [-0.39, 0.29) is 6.04 Å². The highest BCUT2D eigenvalue weighted by Gasteiger charge is 2.07. The summed E-state index contributed by atoms with van der Waals surface area (Å²) in [6.45, 7) is 3.72. The minimum atomic E-state index is 0.205. The lowest BCUT2D eigenvalue weighted by atomic mass is 10.0. The molecule has 0 saturated heterocycles. The molecule has 3 heteroatoms. The molecule has 0 amide bonds. The molecule has 1 rings (SSSR count). The molecule has 84 valence electrons. The second kappa shape index (κ2) is 7.20. The van der Waals surface area contributed by atoms with Crippen LogP contribution in [0.3, 0.4) is 0 Å². The summed E-state index contributed by atoms with van der Waals surface area (Å²) in [7, 11) is 0. The summed E-state index contributed by atoms with van der Waals surface area (Å²) in [6.07, 6.45) is 7.90. The van der Waals surface area contributed by atoms with Gasteiger partial charge in [0.25, 0.3) is 0 Å². The molecule has 0 aromatic carbocycles. The molecule has 0 aliphatic carbocycles. The van der Waals surface area contributed by atoms with Gasteiger partial charge in [0.1, 0.15) is 0 Å². The van der Waals surface area contributed by atoms with Crippen LogP contribution in [-0.2, 0) is 0 Å². The summed E-state index contributed by atoms with van der Waals surface area (Å²) in [5.41, 5.74) is 7.35. The van der Waals surface area contributed by atoms with E-state index in [1.54, 1.807) is 11.3 Å².